The fourth-order valence-electron chi connectivity index (χ4n) is 0.0745. The molecule has 0 aromatic heterocycles. The first-order valence-electron chi connectivity index (χ1n) is 2.47. The monoisotopic (exact) mass is 237 g/mol. The predicted octanol–water partition coefficient (Wildman–Crippen LogP) is 1.57. The van der Waals surface area contributed by atoms with Gasteiger partial charge in [0.1, 0.15) is 10.8 Å². The van der Waals surface area contributed by atoms with Crippen molar-refractivity contribution in [2.45, 2.75) is 0 Å². The molecule has 0 bridgehead atoms. The lowest BCUT2D eigenvalue weighted by atomic mass is 11.2. The first-order valence-corrected chi connectivity index (χ1v) is 4.69. The van der Waals surface area contributed by atoms with Crippen molar-refractivity contribution in [3.63, 3.8) is 0 Å². The van der Waals surface area contributed by atoms with Crippen LogP contribution in [0.1, 0.15) is 0 Å². The third-order valence-electron chi connectivity index (χ3n) is 0.545. The molecular weight excluding hydrogens is 230 g/mol. The summed E-state index contributed by atoms with van der Waals surface area (Å²) in [7, 11) is -1.83. The maximum absolute atomic E-state index is 9.95. The van der Waals surface area contributed by atoms with Crippen molar-refractivity contribution in [1.82, 2.24) is 0 Å². The Hall–Kier alpha value is 0.230. The van der Waals surface area contributed by atoms with Crippen molar-refractivity contribution in [2.24, 2.45) is 0 Å². The number of hydrogen-bond donors (Lipinski definition) is 1. The van der Waals surface area contributed by atoms with Gasteiger partial charge in [-0.25, -0.2) is 0 Å². The van der Waals surface area contributed by atoms with Gasteiger partial charge in [0, 0.05) is 14.2 Å². The van der Waals surface area contributed by atoms with E-state index in [2.05, 4.69) is 9.05 Å². The first-order chi connectivity index (χ1) is 5.39. The standard InChI is InChI=1S/C2H2Cl2O.C2H7O4P/c3-2(4)1-5;1-5-7(3,4)6-2/h1,5H;1-2H3,(H,3,4)/p-1. The molecule has 5 nitrogen and oxygen atoms in total. The van der Waals surface area contributed by atoms with Crippen molar-refractivity contribution in [3.8, 4) is 0 Å². The Balaban J connectivity index is 0. The summed E-state index contributed by atoms with van der Waals surface area (Å²) < 4.78 is 17.6. The van der Waals surface area contributed by atoms with Crippen molar-refractivity contribution in [1.29, 1.82) is 0 Å². The van der Waals surface area contributed by atoms with Crippen molar-refractivity contribution in [3.05, 3.63) is 10.8 Å². The highest BCUT2D eigenvalue weighted by atomic mass is 35.5. The van der Waals surface area contributed by atoms with Gasteiger partial charge in [0.15, 0.2) is 0 Å². The Morgan fingerprint density at radius 2 is 1.75 bits per heavy atom. The van der Waals surface area contributed by atoms with E-state index >= 15 is 0 Å². The summed E-state index contributed by atoms with van der Waals surface area (Å²) in [5.41, 5.74) is 0. The zero-order valence-electron chi connectivity index (χ0n) is 6.36. The quantitative estimate of drug-likeness (QED) is 0.583. The molecule has 0 aromatic rings. The highest BCUT2D eigenvalue weighted by Gasteiger charge is 1.98. The van der Waals surface area contributed by atoms with Crippen LogP contribution in [0, 0.1) is 0 Å². The van der Waals surface area contributed by atoms with E-state index in [-0.39, 0.29) is 4.49 Å². The number of phosphoric acid groups is 1. The first kappa shape index (κ1) is 14.7. The van der Waals surface area contributed by atoms with Gasteiger partial charge in [-0.05, 0) is 0 Å². The van der Waals surface area contributed by atoms with Crippen molar-refractivity contribution < 1.29 is 23.6 Å². The fraction of sp³-hybridized carbons (Fsp3) is 0.500. The van der Waals surface area contributed by atoms with E-state index in [4.69, 9.17) is 28.3 Å². The van der Waals surface area contributed by atoms with E-state index in [0.717, 1.165) is 14.2 Å². The van der Waals surface area contributed by atoms with Gasteiger partial charge in [0.2, 0.25) is 0 Å². The van der Waals surface area contributed by atoms with Gasteiger partial charge in [-0.1, -0.05) is 23.2 Å². The van der Waals surface area contributed by atoms with E-state index in [0.29, 0.717) is 6.26 Å². The summed E-state index contributed by atoms with van der Waals surface area (Å²) in [6.07, 6.45) is 0.614. The van der Waals surface area contributed by atoms with Gasteiger partial charge >= 0.3 is 0 Å². The lowest BCUT2D eigenvalue weighted by molar-refractivity contribution is -0.220. The normalized spacial score (nSPS) is 9.75. The van der Waals surface area contributed by atoms with Crippen LogP contribution in [-0.4, -0.2) is 19.3 Å². The van der Waals surface area contributed by atoms with Gasteiger partial charge in [0.05, 0.1) is 0 Å². The molecular formula is C4H8Cl2O5P-. The average molecular weight is 238 g/mol. The van der Waals surface area contributed by atoms with Crippen LogP contribution in [0.4, 0.5) is 0 Å². The Labute approximate surface area is 80.1 Å². The maximum atomic E-state index is 9.95. The van der Waals surface area contributed by atoms with Crippen LogP contribution < -0.4 is 4.89 Å². The zero-order valence-corrected chi connectivity index (χ0v) is 8.77. The third kappa shape index (κ3) is 12.9. The molecule has 0 heterocycles. The number of rotatable bonds is 2. The van der Waals surface area contributed by atoms with E-state index in [1.165, 1.54) is 0 Å². The van der Waals surface area contributed by atoms with Crippen LogP contribution >= 0.6 is 31.0 Å². The van der Waals surface area contributed by atoms with Crippen LogP contribution in [0.5, 0.6) is 0 Å². The molecule has 0 aromatic carbocycles. The summed E-state index contributed by atoms with van der Waals surface area (Å²) >= 11 is 9.68. The van der Waals surface area contributed by atoms with E-state index in [9.17, 15) is 9.46 Å². The van der Waals surface area contributed by atoms with E-state index < -0.39 is 7.82 Å². The molecule has 0 saturated heterocycles. The molecule has 0 aliphatic heterocycles. The molecule has 0 saturated carbocycles. The molecule has 74 valence electrons. The second-order valence-electron chi connectivity index (χ2n) is 1.23. The molecule has 0 radical (unpaired) electrons. The zero-order chi connectivity index (χ0) is 10.2. The summed E-state index contributed by atoms with van der Waals surface area (Å²) in [4.78, 5) is 9.95. The molecule has 0 aliphatic rings. The van der Waals surface area contributed by atoms with E-state index in [1.807, 2.05) is 0 Å². The minimum Gasteiger partial charge on any atom is -0.756 e. The molecule has 0 fully saturated rings. The Morgan fingerprint density at radius 3 is 1.75 bits per heavy atom. The Morgan fingerprint density at radius 1 is 1.50 bits per heavy atom. The van der Waals surface area contributed by atoms with Gasteiger partial charge < -0.3 is 19.0 Å². The fourth-order valence-corrected chi connectivity index (χ4v) is 0.224. The molecule has 0 atom stereocenters. The van der Waals surface area contributed by atoms with Crippen LogP contribution in [0.25, 0.3) is 0 Å². The van der Waals surface area contributed by atoms with Crippen LogP contribution in [0.15, 0.2) is 10.8 Å². The SMILES string of the molecule is COP(=O)([O-])OC.OC=C(Cl)Cl. The second-order valence-corrected chi connectivity index (χ2v) is 3.86. The third-order valence-corrected chi connectivity index (χ3v) is 1.63. The number of aliphatic hydroxyl groups is 1. The number of halogens is 2. The minimum absolute atomic E-state index is 0.120. The predicted molar refractivity (Wildman–Crippen MR) is 44.0 cm³/mol. The van der Waals surface area contributed by atoms with Gasteiger partial charge in [-0.15, -0.1) is 0 Å². The summed E-state index contributed by atoms with van der Waals surface area (Å²) in [5, 5.41) is 7.72. The number of hydrogen-bond acceptors (Lipinski definition) is 5. The smallest absolute Gasteiger partial charge is 0.267 e. The second kappa shape index (κ2) is 7.86. The molecule has 0 aliphatic carbocycles. The molecule has 0 spiro atoms. The molecule has 12 heavy (non-hydrogen) atoms. The van der Waals surface area contributed by atoms with Gasteiger partial charge in [-0.3, -0.25) is 4.57 Å². The lowest BCUT2D eigenvalue weighted by Crippen LogP contribution is -2.02. The molecule has 0 rings (SSSR count). The largest absolute Gasteiger partial charge is 0.756 e. The van der Waals surface area contributed by atoms with Gasteiger partial charge in [-0.2, -0.15) is 0 Å². The summed E-state index contributed by atoms with van der Waals surface area (Å²) in [6.45, 7) is 0. The van der Waals surface area contributed by atoms with Crippen molar-refractivity contribution in [2.75, 3.05) is 14.2 Å². The maximum Gasteiger partial charge on any atom is 0.267 e. The summed E-state index contributed by atoms with van der Waals surface area (Å²) in [5.74, 6) is 0. The minimum atomic E-state index is -3.90. The summed E-state index contributed by atoms with van der Waals surface area (Å²) in [6, 6.07) is 0. The van der Waals surface area contributed by atoms with E-state index in [1.54, 1.807) is 0 Å². The Bertz CT molecular complexity index is 170. The highest BCUT2D eigenvalue weighted by molar-refractivity contribution is 7.45. The average Bonchev–Trinajstić information content (AvgIpc) is 2.05. The van der Waals surface area contributed by atoms with Crippen LogP contribution in [0.2, 0.25) is 0 Å². The molecule has 0 unspecified atom stereocenters. The molecule has 1 N–H and O–H groups in total. The lowest BCUT2D eigenvalue weighted by Gasteiger charge is -2.16. The highest BCUT2D eigenvalue weighted by Crippen LogP contribution is 2.34. The van der Waals surface area contributed by atoms with Gasteiger partial charge in [0.25, 0.3) is 7.82 Å². The number of phosphoric ester groups is 1. The molecule has 0 amide bonds. The van der Waals surface area contributed by atoms with Crippen LogP contribution in [0.3, 0.4) is 0 Å². The Kier molecular flexibility index (Phi) is 9.65. The number of aliphatic hydroxyl groups excluding tert-OH is 1. The molecule has 8 heteroatoms. The topological polar surface area (TPSA) is 78.8 Å². The van der Waals surface area contributed by atoms with Crippen LogP contribution in [-0.2, 0) is 13.6 Å². The van der Waals surface area contributed by atoms with Crippen molar-refractivity contribution >= 4 is 31.0 Å².